The molecule has 5 nitrogen and oxygen atoms in total. The summed E-state index contributed by atoms with van der Waals surface area (Å²) in [5, 5.41) is 8.75. The molecule has 0 bridgehead atoms. The van der Waals surface area contributed by atoms with Gasteiger partial charge in [0.05, 0.1) is 22.9 Å². The van der Waals surface area contributed by atoms with E-state index in [4.69, 9.17) is 16.7 Å². The smallest absolute Gasteiger partial charge is 0.142 e. The maximum atomic E-state index is 13.3. The topological polar surface area (TPSA) is 55.6 Å². The van der Waals surface area contributed by atoms with Crippen molar-refractivity contribution in [2.45, 2.75) is 26.9 Å². The van der Waals surface area contributed by atoms with Gasteiger partial charge in [-0.15, -0.1) is 0 Å². The maximum Gasteiger partial charge on any atom is 0.142 e. The van der Waals surface area contributed by atoms with Crippen LogP contribution in [-0.4, -0.2) is 19.7 Å². The molecule has 0 saturated carbocycles. The highest BCUT2D eigenvalue weighted by Gasteiger charge is 2.15. The van der Waals surface area contributed by atoms with Gasteiger partial charge in [-0.2, -0.15) is 5.10 Å². The highest BCUT2D eigenvalue weighted by Crippen LogP contribution is 2.30. The van der Waals surface area contributed by atoms with Gasteiger partial charge in [0.2, 0.25) is 0 Å². The van der Waals surface area contributed by atoms with Crippen LogP contribution in [0.25, 0.3) is 16.9 Å². The monoisotopic (exact) mass is 421 g/mol. The Morgan fingerprint density at radius 3 is 2.37 bits per heavy atom. The second-order valence-corrected chi connectivity index (χ2v) is 7.48. The Labute approximate surface area is 179 Å². The van der Waals surface area contributed by atoms with Crippen molar-refractivity contribution in [3.8, 4) is 16.9 Å². The number of nitrogens with zero attached hydrogens (tertiary/aromatic N) is 4. The first-order valence-corrected chi connectivity index (χ1v) is 9.98. The fraction of sp³-hybridized carbons (Fsp3) is 0.174. The van der Waals surface area contributed by atoms with E-state index in [1.165, 1.54) is 12.1 Å². The quantitative estimate of drug-likeness (QED) is 0.474. The minimum absolute atomic E-state index is 0.285. The molecular formula is C23H21ClFN5. The predicted molar refractivity (Wildman–Crippen MR) is 116 cm³/mol. The fourth-order valence-corrected chi connectivity index (χ4v) is 3.56. The summed E-state index contributed by atoms with van der Waals surface area (Å²) in [5.41, 5.74) is 5.25. The Kier molecular flexibility index (Phi) is 5.88. The second-order valence-electron chi connectivity index (χ2n) is 7.07. The van der Waals surface area contributed by atoms with E-state index in [0.29, 0.717) is 18.1 Å². The van der Waals surface area contributed by atoms with Gasteiger partial charge in [-0.1, -0.05) is 29.8 Å². The van der Waals surface area contributed by atoms with E-state index >= 15 is 0 Å². The fourth-order valence-electron chi connectivity index (χ4n) is 3.33. The molecule has 2 aromatic heterocycles. The van der Waals surface area contributed by atoms with Crippen LogP contribution in [-0.2, 0) is 13.1 Å². The molecule has 7 heteroatoms. The molecule has 1 N–H and O–H groups in total. The summed E-state index contributed by atoms with van der Waals surface area (Å²) in [6, 6.07) is 15.8. The summed E-state index contributed by atoms with van der Waals surface area (Å²) < 4.78 is 15.1. The van der Waals surface area contributed by atoms with Crippen molar-refractivity contribution in [3.63, 3.8) is 0 Å². The third-order valence-electron chi connectivity index (χ3n) is 4.64. The Balaban J connectivity index is 1.63. The van der Waals surface area contributed by atoms with Crippen LogP contribution >= 0.6 is 11.6 Å². The number of aryl methyl sites for hydroxylation is 2. The molecule has 4 rings (SSSR count). The number of rotatable bonds is 6. The molecule has 0 aliphatic heterocycles. The molecule has 0 spiro atoms. The highest BCUT2D eigenvalue weighted by atomic mass is 35.5. The third-order valence-corrected chi connectivity index (χ3v) is 4.97. The molecule has 0 aliphatic rings. The normalized spacial score (nSPS) is 11.1. The van der Waals surface area contributed by atoms with E-state index < -0.39 is 0 Å². The van der Waals surface area contributed by atoms with E-state index in [1.807, 2.05) is 50.4 Å². The van der Waals surface area contributed by atoms with Crippen LogP contribution in [0.3, 0.4) is 0 Å². The van der Waals surface area contributed by atoms with Crippen LogP contribution in [0.15, 0.2) is 60.8 Å². The first-order chi connectivity index (χ1) is 14.5. The Hall–Kier alpha value is -3.09. The van der Waals surface area contributed by atoms with Gasteiger partial charge >= 0.3 is 0 Å². The number of halogens is 2. The van der Waals surface area contributed by atoms with Crippen LogP contribution in [0.2, 0.25) is 5.02 Å². The van der Waals surface area contributed by atoms with Crippen molar-refractivity contribution in [1.29, 1.82) is 0 Å². The molecule has 0 fully saturated rings. The lowest BCUT2D eigenvalue weighted by Gasteiger charge is -2.07. The summed E-state index contributed by atoms with van der Waals surface area (Å²) in [7, 11) is 0. The van der Waals surface area contributed by atoms with Gasteiger partial charge in [-0.25, -0.2) is 19.0 Å². The Bertz CT molecular complexity index is 1150. The number of hydrogen-bond donors (Lipinski definition) is 1. The SMILES string of the molecule is Cc1cc(C)nc(CNCc2cn(-c3ccc(F)cc3)nc2-c2ccccc2Cl)n1. The predicted octanol–water partition coefficient (Wildman–Crippen LogP) is 5.03. The van der Waals surface area contributed by atoms with E-state index in [0.717, 1.165) is 39.7 Å². The lowest BCUT2D eigenvalue weighted by atomic mass is 10.1. The average molecular weight is 422 g/mol. The zero-order valence-corrected chi connectivity index (χ0v) is 17.5. The third kappa shape index (κ3) is 4.56. The van der Waals surface area contributed by atoms with Gasteiger partial charge in [-0.05, 0) is 50.2 Å². The largest absolute Gasteiger partial charge is 0.306 e. The van der Waals surface area contributed by atoms with Crippen LogP contribution in [0.4, 0.5) is 4.39 Å². The van der Waals surface area contributed by atoms with Gasteiger partial charge in [0.25, 0.3) is 0 Å². The number of nitrogens with one attached hydrogen (secondary N) is 1. The summed E-state index contributed by atoms with van der Waals surface area (Å²) in [4.78, 5) is 8.94. The standard InChI is InChI=1S/C23H21ClFN5/c1-15-11-16(2)28-22(27-15)13-26-12-17-14-30(19-9-7-18(25)8-10-19)29-23(17)20-5-3-4-6-21(20)24/h3-11,14,26H,12-13H2,1-2H3. The van der Waals surface area contributed by atoms with Gasteiger partial charge < -0.3 is 5.32 Å². The lowest BCUT2D eigenvalue weighted by molar-refractivity contribution is 0.627. The number of benzene rings is 2. The van der Waals surface area contributed by atoms with Crippen molar-refractivity contribution >= 4 is 11.6 Å². The number of aromatic nitrogens is 4. The van der Waals surface area contributed by atoms with Crippen molar-refractivity contribution in [2.75, 3.05) is 0 Å². The van der Waals surface area contributed by atoms with Crippen LogP contribution < -0.4 is 5.32 Å². The van der Waals surface area contributed by atoms with Crippen LogP contribution in [0.1, 0.15) is 22.8 Å². The molecule has 2 heterocycles. The highest BCUT2D eigenvalue weighted by molar-refractivity contribution is 6.33. The minimum atomic E-state index is -0.285. The average Bonchev–Trinajstić information content (AvgIpc) is 3.12. The zero-order valence-electron chi connectivity index (χ0n) is 16.7. The van der Waals surface area contributed by atoms with Crippen molar-refractivity contribution < 1.29 is 4.39 Å². The summed E-state index contributed by atoms with van der Waals surface area (Å²) in [5.74, 6) is 0.463. The minimum Gasteiger partial charge on any atom is -0.306 e. The molecule has 0 radical (unpaired) electrons. The van der Waals surface area contributed by atoms with Crippen molar-refractivity contribution in [2.24, 2.45) is 0 Å². The Morgan fingerprint density at radius 2 is 1.67 bits per heavy atom. The molecular weight excluding hydrogens is 401 g/mol. The van der Waals surface area contributed by atoms with Crippen molar-refractivity contribution in [1.82, 2.24) is 25.1 Å². The van der Waals surface area contributed by atoms with Crippen LogP contribution in [0.5, 0.6) is 0 Å². The molecule has 0 amide bonds. The molecule has 0 unspecified atom stereocenters. The number of hydrogen-bond acceptors (Lipinski definition) is 4. The molecule has 152 valence electrons. The van der Waals surface area contributed by atoms with E-state index in [2.05, 4.69) is 15.3 Å². The van der Waals surface area contributed by atoms with Gasteiger partial charge in [0, 0.05) is 35.3 Å². The van der Waals surface area contributed by atoms with E-state index in [1.54, 1.807) is 16.8 Å². The molecule has 0 aliphatic carbocycles. The second kappa shape index (κ2) is 8.73. The molecule has 30 heavy (non-hydrogen) atoms. The summed E-state index contributed by atoms with van der Waals surface area (Å²) >= 11 is 6.43. The van der Waals surface area contributed by atoms with Gasteiger partial charge in [0.1, 0.15) is 11.6 Å². The van der Waals surface area contributed by atoms with Crippen LogP contribution in [0, 0.1) is 19.7 Å². The van der Waals surface area contributed by atoms with Gasteiger partial charge in [-0.3, -0.25) is 0 Å². The van der Waals surface area contributed by atoms with Crippen molar-refractivity contribution in [3.05, 3.63) is 94.4 Å². The maximum absolute atomic E-state index is 13.3. The first kappa shape index (κ1) is 20.2. The van der Waals surface area contributed by atoms with E-state index in [9.17, 15) is 4.39 Å². The Morgan fingerprint density at radius 1 is 0.967 bits per heavy atom. The summed E-state index contributed by atoms with van der Waals surface area (Å²) in [6.07, 6.45) is 1.93. The lowest BCUT2D eigenvalue weighted by Crippen LogP contribution is -2.16. The first-order valence-electron chi connectivity index (χ1n) is 9.61. The van der Waals surface area contributed by atoms with Gasteiger partial charge in [0.15, 0.2) is 0 Å². The molecule has 4 aromatic rings. The molecule has 2 aromatic carbocycles. The molecule has 0 saturated heterocycles. The zero-order chi connectivity index (χ0) is 21.1. The van der Waals surface area contributed by atoms with E-state index in [-0.39, 0.29) is 5.82 Å². The molecule has 0 atom stereocenters. The summed E-state index contributed by atoms with van der Waals surface area (Å²) in [6.45, 7) is 5.01.